The van der Waals surface area contributed by atoms with E-state index < -0.39 is 0 Å². The quantitative estimate of drug-likeness (QED) is 0.705. The zero-order chi connectivity index (χ0) is 9.52. The van der Waals surface area contributed by atoms with E-state index in [4.69, 9.17) is 0 Å². The van der Waals surface area contributed by atoms with E-state index in [1.54, 1.807) is 12.4 Å². The lowest BCUT2D eigenvalue weighted by Gasteiger charge is -2.12. The number of aromatic nitrogens is 1. The van der Waals surface area contributed by atoms with E-state index in [2.05, 4.69) is 17.2 Å². The molecule has 0 spiro atoms. The molecule has 2 nitrogen and oxygen atoms in total. The summed E-state index contributed by atoms with van der Waals surface area (Å²) in [6.07, 6.45) is 4.11. The number of rotatable bonds is 5. The summed E-state index contributed by atoms with van der Waals surface area (Å²) in [5.74, 6) is 0. The SMILES string of the molecule is CC(NCCCF)c1ccncc1. The number of halogens is 1. The van der Waals surface area contributed by atoms with Gasteiger partial charge in [-0.15, -0.1) is 0 Å². The fourth-order valence-electron chi connectivity index (χ4n) is 1.16. The van der Waals surface area contributed by atoms with Crippen LogP contribution in [0.3, 0.4) is 0 Å². The molecule has 72 valence electrons. The Morgan fingerprint density at radius 3 is 2.77 bits per heavy atom. The average Bonchev–Trinajstić information content (AvgIpc) is 2.19. The van der Waals surface area contributed by atoms with E-state index in [0.717, 1.165) is 6.54 Å². The van der Waals surface area contributed by atoms with Crippen LogP contribution in [0, 0.1) is 0 Å². The summed E-state index contributed by atoms with van der Waals surface area (Å²) in [7, 11) is 0. The molecular weight excluding hydrogens is 167 g/mol. The monoisotopic (exact) mass is 182 g/mol. The Morgan fingerprint density at radius 2 is 2.15 bits per heavy atom. The smallest absolute Gasteiger partial charge is 0.0906 e. The van der Waals surface area contributed by atoms with Gasteiger partial charge in [0.25, 0.3) is 0 Å². The van der Waals surface area contributed by atoms with Crippen molar-refractivity contribution in [3.63, 3.8) is 0 Å². The van der Waals surface area contributed by atoms with Crippen molar-refractivity contribution in [3.8, 4) is 0 Å². The Balaban J connectivity index is 2.35. The Hall–Kier alpha value is -0.960. The van der Waals surface area contributed by atoms with Crippen molar-refractivity contribution >= 4 is 0 Å². The minimum Gasteiger partial charge on any atom is -0.310 e. The van der Waals surface area contributed by atoms with Crippen LogP contribution in [0.25, 0.3) is 0 Å². The van der Waals surface area contributed by atoms with Crippen LogP contribution in [0.1, 0.15) is 24.9 Å². The molecule has 0 saturated carbocycles. The zero-order valence-electron chi connectivity index (χ0n) is 7.83. The lowest BCUT2D eigenvalue weighted by molar-refractivity contribution is 0.446. The molecule has 0 aliphatic carbocycles. The molecule has 0 saturated heterocycles. The van der Waals surface area contributed by atoms with Crippen molar-refractivity contribution < 1.29 is 4.39 Å². The highest BCUT2D eigenvalue weighted by Crippen LogP contribution is 2.09. The number of pyridine rings is 1. The van der Waals surface area contributed by atoms with Gasteiger partial charge in [-0.05, 0) is 37.6 Å². The number of nitrogens with zero attached hydrogens (tertiary/aromatic N) is 1. The normalized spacial score (nSPS) is 12.8. The first kappa shape index (κ1) is 10.1. The van der Waals surface area contributed by atoms with Crippen LogP contribution in [0.4, 0.5) is 4.39 Å². The van der Waals surface area contributed by atoms with Gasteiger partial charge in [-0.2, -0.15) is 0 Å². The van der Waals surface area contributed by atoms with E-state index in [-0.39, 0.29) is 12.7 Å². The topological polar surface area (TPSA) is 24.9 Å². The first-order valence-corrected chi connectivity index (χ1v) is 4.54. The summed E-state index contributed by atoms with van der Waals surface area (Å²) >= 11 is 0. The average molecular weight is 182 g/mol. The molecule has 0 aliphatic heterocycles. The van der Waals surface area contributed by atoms with Gasteiger partial charge in [0.05, 0.1) is 6.67 Å². The molecule has 1 aromatic rings. The maximum absolute atomic E-state index is 11.8. The highest BCUT2D eigenvalue weighted by Gasteiger charge is 2.02. The van der Waals surface area contributed by atoms with Crippen LogP contribution >= 0.6 is 0 Å². The lowest BCUT2D eigenvalue weighted by atomic mass is 10.1. The van der Waals surface area contributed by atoms with Crippen molar-refractivity contribution in [1.29, 1.82) is 0 Å². The summed E-state index contributed by atoms with van der Waals surface area (Å²) in [5, 5.41) is 3.23. The van der Waals surface area contributed by atoms with Gasteiger partial charge in [-0.3, -0.25) is 9.37 Å². The second kappa shape index (κ2) is 5.65. The molecule has 0 aliphatic rings. The highest BCUT2D eigenvalue weighted by molar-refractivity contribution is 5.13. The Kier molecular flexibility index (Phi) is 4.40. The van der Waals surface area contributed by atoms with Crippen molar-refractivity contribution in [2.45, 2.75) is 19.4 Å². The predicted octanol–water partition coefficient (Wildman–Crippen LogP) is 2.09. The van der Waals surface area contributed by atoms with Crippen LogP contribution in [-0.2, 0) is 0 Å². The summed E-state index contributed by atoms with van der Waals surface area (Å²) in [6.45, 7) is 2.53. The maximum atomic E-state index is 11.8. The van der Waals surface area contributed by atoms with Gasteiger partial charge in [0.2, 0.25) is 0 Å². The number of hydrogen-bond acceptors (Lipinski definition) is 2. The third kappa shape index (κ3) is 3.51. The second-order valence-electron chi connectivity index (χ2n) is 3.00. The van der Waals surface area contributed by atoms with Gasteiger partial charge in [-0.25, -0.2) is 0 Å². The van der Waals surface area contributed by atoms with Crippen molar-refractivity contribution in [1.82, 2.24) is 10.3 Å². The Morgan fingerprint density at radius 1 is 1.46 bits per heavy atom. The highest BCUT2D eigenvalue weighted by atomic mass is 19.1. The molecule has 1 rings (SSSR count). The molecule has 1 unspecified atom stereocenters. The van der Waals surface area contributed by atoms with E-state index in [1.807, 2.05) is 12.1 Å². The molecule has 13 heavy (non-hydrogen) atoms. The molecule has 1 N–H and O–H groups in total. The number of hydrogen-bond donors (Lipinski definition) is 1. The molecule has 0 bridgehead atoms. The minimum absolute atomic E-state index is 0.254. The fourth-order valence-corrected chi connectivity index (χ4v) is 1.16. The molecule has 1 heterocycles. The van der Waals surface area contributed by atoms with Crippen molar-refractivity contribution in [2.24, 2.45) is 0 Å². The number of alkyl halides is 1. The predicted molar refractivity (Wildman–Crippen MR) is 51.2 cm³/mol. The molecular formula is C10H15FN2. The van der Waals surface area contributed by atoms with E-state index >= 15 is 0 Å². The van der Waals surface area contributed by atoms with E-state index in [9.17, 15) is 4.39 Å². The maximum Gasteiger partial charge on any atom is 0.0906 e. The van der Waals surface area contributed by atoms with Crippen LogP contribution in [0.2, 0.25) is 0 Å². The zero-order valence-corrected chi connectivity index (χ0v) is 7.83. The first-order valence-electron chi connectivity index (χ1n) is 4.54. The summed E-state index contributed by atoms with van der Waals surface area (Å²) in [6, 6.07) is 4.20. The molecule has 0 radical (unpaired) electrons. The summed E-state index contributed by atoms with van der Waals surface area (Å²) < 4.78 is 11.8. The van der Waals surface area contributed by atoms with Crippen LogP contribution in [0.5, 0.6) is 0 Å². The molecule has 3 heteroatoms. The second-order valence-corrected chi connectivity index (χ2v) is 3.00. The van der Waals surface area contributed by atoms with Gasteiger partial charge in [0, 0.05) is 18.4 Å². The minimum atomic E-state index is -0.254. The van der Waals surface area contributed by atoms with Gasteiger partial charge < -0.3 is 5.32 Å². The molecule has 0 amide bonds. The van der Waals surface area contributed by atoms with Crippen molar-refractivity contribution in [3.05, 3.63) is 30.1 Å². The standard InChI is InChI=1S/C10H15FN2/c1-9(13-6-2-5-11)10-3-7-12-8-4-10/h3-4,7-9,13H,2,5-6H2,1H3. The van der Waals surface area contributed by atoms with Gasteiger partial charge in [0.15, 0.2) is 0 Å². The van der Waals surface area contributed by atoms with Crippen LogP contribution in [0.15, 0.2) is 24.5 Å². The lowest BCUT2D eigenvalue weighted by Crippen LogP contribution is -2.20. The van der Waals surface area contributed by atoms with Crippen molar-refractivity contribution in [2.75, 3.05) is 13.2 Å². The van der Waals surface area contributed by atoms with Gasteiger partial charge in [-0.1, -0.05) is 0 Å². The Bertz CT molecular complexity index is 226. The largest absolute Gasteiger partial charge is 0.310 e. The van der Waals surface area contributed by atoms with Crippen LogP contribution < -0.4 is 5.32 Å². The Labute approximate surface area is 78.2 Å². The first-order chi connectivity index (χ1) is 6.34. The summed E-state index contributed by atoms with van der Waals surface area (Å²) in [4.78, 5) is 3.94. The number of nitrogens with one attached hydrogen (secondary N) is 1. The summed E-state index contributed by atoms with van der Waals surface area (Å²) in [5.41, 5.74) is 1.19. The third-order valence-electron chi connectivity index (χ3n) is 1.97. The fraction of sp³-hybridized carbons (Fsp3) is 0.500. The molecule has 0 fully saturated rings. The van der Waals surface area contributed by atoms with E-state index in [1.165, 1.54) is 5.56 Å². The van der Waals surface area contributed by atoms with Crippen LogP contribution in [-0.4, -0.2) is 18.2 Å². The van der Waals surface area contributed by atoms with Gasteiger partial charge >= 0.3 is 0 Å². The van der Waals surface area contributed by atoms with E-state index in [0.29, 0.717) is 6.42 Å². The molecule has 1 atom stereocenters. The van der Waals surface area contributed by atoms with Gasteiger partial charge in [0.1, 0.15) is 0 Å². The molecule has 0 aromatic carbocycles. The molecule has 1 aromatic heterocycles. The third-order valence-corrected chi connectivity index (χ3v) is 1.97.